The van der Waals surface area contributed by atoms with Gasteiger partial charge in [-0.15, -0.1) is 5.10 Å². The lowest BCUT2D eigenvalue weighted by molar-refractivity contribution is -0.146. The van der Waals surface area contributed by atoms with Gasteiger partial charge in [0.2, 0.25) is 27.7 Å². The minimum absolute atomic E-state index is 0.0486. The summed E-state index contributed by atoms with van der Waals surface area (Å²) in [6, 6.07) is 4.17. The number of benzene rings is 1. The molecule has 0 bridgehead atoms. The largest absolute Gasteiger partial charge is 0.471 e. The number of amides is 4. The van der Waals surface area contributed by atoms with Crippen molar-refractivity contribution in [1.29, 1.82) is 0 Å². The number of nitrogens with zero attached hydrogens (tertiary/aromatic N) is 4. The first kappa shape index (κ1) is 40.2. The van der Waals surface area contributed by atoms with Crippen molar-refractivity contribution in [3.63, 3.8) is 0 Å². The van der Waals surface area contributed by atoms with E-state index in [0.717, 1.165) is 11.3 Å². The molecular formula is C39H54N6O9S. The van der Waals surface area contributed by atoms with Crippen LogP contribution in [0.15, 0.2) is 41.2 Å². The molecule has 0 unspecified atom stereocenters. The first-order valence-corrected chi connectivity index (χ1v) is 20.9. The zero-order valence-corrected chi connectivity index (χ0v) is 33.5. The van der Waals surface area contributed by atoms with Crippen LogP contribution in [0.2, 0.25) is 0 Å². The fourth-order valence-corrected chi connectivity index (χ4v) is 9.60. The predicted octanol–water partition coefficient (Wildman–Crippen LogP) is 3.97. The first-order chi connectivity index (χ1) is 25.7. The minimum Gasteiger partial charge on any atom is -0.471 e. The summed E-state index contributed by atoms with van der Waals surface area (Å²) < 4.78 is 35.8. The second kappa shape index (κ2) is 14.9. The van der Waals surface area contributed by atoms with E-state index >= 15 is 4.79 Å². The van der Waals surface area contributed by atoms with Crippen LogP contribution in [-0.4, -0.2) is 98.0 Å². The molecule has 4 amide bonds. The molecule has 55 heavy (non-hydrogen) atoms. The molecule has 16 heteroatoms. The molecule has 4 aliphatic rings. The van der Waals surface area contributed by atoms with E-state index in [0.29, 0.717) is 36.5 Å². The van der Waals surface area contributed by atoms with Crippen LogP contribution in [-0.2, 0) is 24.4 Å². The summed E-state index contributed by atoms with van der Waals surface area (Å²) in [4.78, 5) is 72.2. The molecule has 1 aromatic carbocycles. The van der Waals surface area contributed by atoms with Crippen molar-refractivity contribution in [3.05, 3.63) is 46.8 Å². The van der Waals surface area contributed by atoms with Gasteiger partial charge in [-0.05, 0) is 97.1 Å². The van der Waals surface area contributed by atoms with Crippen LogP contribution < -0.4 is 20.3 Å². The van der Waals surface area contributed by atoms with E-state index in [9.17, 15) is 32.7 Å². The minimum atomic E-state index is -3.94. The maximum Gasteiger partial charge on any atom is 0.408 e. The summed E-state index contributed by atoms with van der Waals surface area (Å²) in [5, 5.41) is 18.2. The number of sulfonamides is 1. The maximum absolute atomic E-state index is 15.0. The molecule has 0 spiro atoms. The smallest absolute Gasteiger partial charge is 0.408 e. The van der Waals surface area contributed by atoms with E-state index in [1.54, 1.807) is 45.0 Å². The maximum atomic E-state index is 15.0. The number of hydrogen-bond donors (Lipinski definition) is 3. The molecule has 15 nitrogen and oxygen atoms in total. The van der Waals surface area contributed by atoms with Crippen molar-refractivity contribution in [2.75, 3.05) is 6.54 Å². The standard InChI is InChI=1S/C39H54N6O9S/c1-22(2)45-34(47)29-15-11-10-14-28(29)33(41-45)54-26-19-30-32(46)40-39(36(49)42-55(52,53)27-16-17-27)20-25(39)13-9-8-12-23(3)18-24(4)31(35(48)43(30)21-26)44(37(50)51)38(5,6)7/h9-11,13-15,22-27,30-31H,8,12,16-21H2,1-7H3,(H,40,46)(H,42,49)(H,50,51)/t23-,24+,25+,26+,30-,31-,39+/m0/s1. The van der Waals surface area contributed by atoms with Gasteiger partial charge < -0.3 is 20.1 Å². The van der Waals surface area contributed by atoms with Crippen molar-refractivity contribution in [1.82, 2.24) is 29.6 Å². The average molecular weight is 783 g/mol. The Hall–Kier alpha value is -4.47. The Labute approximate surface area is 321 Å². The number of carbonyl (C=O) groups excluding carboxylic acids is 3. The molecule has 3 fully saturated rings. The second-order valence-corrected chi connectivity index (χ2v) is 19.2. The fourth-order valence-electron chi connectivity index (χ4n) is 8.24. The van der Waals surface area contributed by atoms with Crippen molar-refractivity contribution < 1.29 is 37.4 Å². The van der Waals surface area contributed by atoms with E-state index in [4.69, 9.17) is 4.74 Å². The van der Waals surface area contributed by atoms with E-state index in [1.807, 2.05) is 39.8 Å². The molecule has 2 aliphatic heterocycles. The summed E-state index contributed by atoms with van der Waals surface area (Å²) in [5.74, 6) is -2.80. The van der Waals surface area contributed by atoms with E-state index < -0.39 is 80.2 Å². The summed E-state index contributed by atoms with van der Waals surface area (Å²) in [6.07, 6.45) is 4.57. The third kappa shape index (κ3) is 8.10. The number of aromatic nitrogens is 2. The average Bonchev–Trinajstić information content (AvgIpc) is 4.02. The third-order valence-corrected chi connectivity index (χ3v) is 13.2. The molecule has 7 atom stereocenters. The summed E-state index contributed by atoms with van der Waals surface area (Å²) >= 11 is 0. The van der Waals surface area contributed by atoms with Crippen LogP contribution in [0.25, 0.3) is 10.8 Å². The number of fused-ring (bicyclic) bond motifs is 3. The molecule has 3 heterocycles. The zero-order chi connectivity index (χ0) is 40.2. The van der Waals surface area contributed by atoms with Crippen LogP contribution in [0, 0.1) is 17.8 Å². The number of hydrogen-bond acceptors (Lipinski definition) is 9. The third-order valence-electron chi connectivity index (χ3n) is 11.3. The predicted molar refractivity (Wildman–Crippen MR) is 205 cm³/mol. The van der Waals surface area contributed by atoms with Gasteiger partial charge in [0.1, 0.15) is 23.7 Å². The van der Waals surface area contributed by atoms with Crippen molar-refractivity contribution >= 4 is 44.6 Å². The Morgan fingerprint density at radius 2 is 1.75 bits per heavy atom. The second-order valence-electron chi connectivity index (χ2n) is 17.2. The van der Waals surface area contributed by atoms with Gasteiger partial charge in [0.15, 0.2) is 0 Å². The Balaban J connectivity index is 1.42. The molecule has 1 saturated heterocycles. The SMILES string of the molecule is CC(C)n1nc(O[C@@H]2C[C@H]3C(=O)N[C@]4(C(=O)NS(=O)(=O)C5CC5)C[C@H]4C=CCC[C@H](C)C[C@@H](C)[C@H](N(C(=O)O)C(C)(C)C)C(=O)N3C2)c2ccccc2c1=O. The highest BCUT2D eigenvalue weighted by Crippen LogP contribution is 2.46. The highest BCUT2D eigenvalue weighted by atomic mass is 32.2. The van der Waals surface area contributed by atoms with Crippen molar-refractivity contribution in [2.24, 2.45) is 17.8 Å². The number of rotatable bonds is 7. The van der Waals surface area contributed by atoms with E-state index in [2.05, 4.69) is 15.1 Å². The Bertz CT molecular complexity index is 2060. The van der Waals surface area contributed by atoms with Gasteiger partial charge in [-0.25, -0.2) is 17.9 Å². The van der Waals surface area contributed by atoms with Crippen molar-refractivity contribution in [3.8, 4) is 5.88 Å². The number of carboxylic acid groups (broad SMARTS) is 1. The molecule has 3 N–H and O–H groups in total. The quantitative estimate of drug-likeness (QED) is 0.346. The molecule has 6 rings (SSSR count). The lowest BCUT2D eigenvalue weighted by atomic mass is 9.85. The van der Waals surface area contributed by atoms with Gasteiger partial charge in [0, 0.05) is 17.9 Å². The van der Waals surface area contributed by atoms with Gasteiger partial charge in [-0.3, -0.25) is 28.8 Å². The summed E-state index contributed by atoms with van der Waals surface area (Å²) in [6.45, 7) is 12.6. The van der Waals surface area contributed by atoms with Crippen LogP contribution in [0.5, 0.6) is 5.88 Å². The fraction of sp³-hybridized carbons (Fsp3) is 0.641. The van der Waals surface area contributed by atoms with Gasteiger partial charge in [-0.2, -0.15) is 0 Å². The summed E-state index contributed by atoms with van der Waals surface area (Å²) in [5.41, 5.74) is -2.86. The Morgan fingerprint density at radius 3 is 2.36 bits per heavy atom. The van der Waals surface area contributed by atoms with Gasteiger partial charge >= 0.3 is 6.09 Å². The highest BCUT2D eigenvalue weighted by Gasteiger charge is 2.62. The number of carbonyl (C=O) groups is 4. The molecule has 2 aliphatic carbocycles. The lowest BCUT2D eigenvalue weighted by Gasteiger charge is -2.43. The van der Waals surface area contributed by atoms with Gasteiger partial charge in [0.05, 0.1) is 28.6 Å². The molecule has 2 saturated carbocycles. The van der Waals surface area contributed by atoms with Crippen LogP contribution in [0.1, 0.15) is 99.5 Å². The Morgan fingerprint density at radius 1 is 1.07 bits per heavy atom. The topological polar surface area (TPSA) is 197 Å². The monoisotopic (exact) mass is 782 g/mol. The number of nitrogens with one attached hydrogen (secondary N) is 2. The molecule has 2 aromatic rings. The number of ether oxygens (including phenoxy) is 1. The Kier molecular flexibility index (Phi) is 10.9. The molecule has 300 valence electrons. The zero-order valence-electron chi connectivity index (χ0n) is 32.7. The highest BCUT2D eigenvalue weighted by molar-refractivity contribution is 7.91. The van der Waals surface area contributed by atoms with E-state index in [1.165, 1.54) is 9.58 Å². The van der Waals surface area contributed by atoms with Gasteiger partial charge in [0.25, 0.3) is 11.5 Å². The normalized spacial score (nSPS) is 29.1. The van der Waals surface area contributed by atoms with Crippen LogP contribution in [0.3, 0.4) is 0 Å². The lowest BCUT2D eigenvalue weighted by Crippen LogP contribution is -2.62. The molecule has 1 aromatic heterocycles. The molecule has 0 radical (unpaired) electrons. The van der Waals surface area contributed by atoms with Gasteiger partial charge in [-0.1, -0.05) is 38.1 Å². The van der Waals surface area contributed by atoms with E-state index in [-0.39, 0.29) is 42.8 Å². The number of allylic oxidation sites excluding steroid dienone is 1. The van der Waals surface area contributed by atoms with Crippen molar-refractivity contribution in [2.45, 2.75) is 134 Å². The summed E-state index contributed by atoms with van der Waals surface area (Å²) in [7, 11) is -3.94. The molecular weight excluding hydrogens is 729 g/mol. The van der Waals surface area contributed by atoms with Crippen LogP contribution in [0.4, 0.5) is 4.79 Å². The van der Waals surface area contributed by atoms with Crippen LogP contribution >= 0.6 is 0 Å². The first-order valence-electron chi connectivity index (χ1n) is 19.3.